The lowest BCUT2D eigenvalue weighted by Crippen LogP contribution is -1.77. The quantitative estimate of drug-likeness (QED) is 0.375. The van der Waals surface area contributed by atoms with Gasteiger partial charge in [-0.2, -0.15) is 0 Å². The van der Waals surface area contributed by atoms with E-state index in [1.54, 1.807) is 12.2 Å². The average molecular weight is 186 g/mol. The lowest BCUT2D eigenvalue weighted by molar-refractivity contribution is -0.112. The van der Waals surface area contributed by atoms with E-state index in [-0.39, 0.29) is 5.78 Å². The third-order valence-corrected chi connectivity index (χ3v) is 1.35. The number of terminal acetylenes is 1. The minimum absolute atomic E-state index is 0.0432. The van der Waals surface area contributed by atoms with Crippen LogP contribution in [0, 0.1) is 12.3 Å². The highest BCUT2D eigenvalue weighted by Crippen LogP contribution is 1.89. The van der Waals surface area contributed by atoms with Gasteiger partial charge in [0, 0.05) is 0 Å². The lowest BCUT2D eigenvalue weighted by Gasteiger charge is -1.79. The molecule has 1 nitrogen and oxygen atoms in total. The molecule has 0 aromatic heterocycles. The Bertz CT molecular complexity index is 333. The molecule has 14 heavy (non-hydrogen) atoms. The van der Waals surface area contributed by atoms with Gasteiger partial charge in [0.05, 0.1) is 0 Å². The van der Waals surface area contributed by atoms with E-state index in [2.05, 4.69) is 5.92 Å². The van der Waals surface area contributed by atoms with Crippen molar-refractivity contribution in [3.63, 3.8) is 0 Å². The summed E-state index contributed by atoms with van der Waals surface area (Å²) in [5.74, 6) is 2.55. The van der Waals surface area contributed by atoms with Crippen molar-refractivity contribution < 1.29 is 4.79 Å². The van der Waals surface area contributed by atoms with E-state index in [1.165, 1.54) is 13.0 Å². The summed E-state index contributed by atoms with van der Waals surface area (Å²) in [4.78, 5) is 10.5. The Hall–Kier alpha value is -1.81. The van der Waals surface area contributed by atoms with Gasteiger partial charge in [0.15, 0.2) is 5.78 Å². The third kappa shape index (κ3) is 8.29. The maximum Gasteiger partial charge on any atom is 0.152 e. The second-order valence-corrected chi connectivity index (χ2v) is 2.73. The van der Waals surface area contributed by atoms with E-state index in [0.29, 0.717) is 0 Å². The maximum absolute atomic E-state index is 10.5. The highest BCUT2D eigenvalue weighted by molar-refractivity contribution is 5.87. The molecule has 1 heteroatoms. The molecule has 0 saturated heterocycles. The zero-order valence-corrected chi connectivity index (χ0v) is 8.53. The van der Waals surface area contributed by atoms with Crippen LogP contribution in [0.2, 0.25) is 0 Å². The summed E-state index contributed by atoms with van der Waals surface area (Å²) >= 11 is 0. The van der Waals surface area contributed by atoms with Gasteiger partial charge in [-0.3, -0.25) is 4.79 Å². The second kappa shape index (κ2) is 7.82. The second-order valence-electron chi connectivity index (χ2n) is 2.73. The van der Waals surface area contributed by atoms with Crippen molar-refractivity contribution >= 4 is 5.78 Å². The van der Waals surface area contributed by atoms with Gasteiger partial charge in [0.25, 0.3) is 0 Å². The molecule has 0 aliphatic heterocycles. The molecule has 72 valence electrons. The van der Waals surface area contributed by atoms with Crippen LogP contribution in [-0.4, -0.2) is 5.78 Å². The highest BCUT2D eigenvalue weighted by atomic mass is 16.1. The molecule has 0 radical (unpaired) electrons. The van der Waals surface area contributed by atoms with E-state index in [1.807, 2.05) is 31.2 Å². The van der Waals surface area contributed by atoms with Crippen molar-refractivity contribution in [1.29, 1.82) is 0 Å². The van der Waals surface area contributed by atoms with Crippen LogP contribution in [0.4, 0.5) is 0 Å². The van der Waals surface area contributed by atoms with E-state index in [4.69, 9.17) is 6.42 Å². The van der Waals surface area contributed by atoms with Gasteiger partial charge in [-0.1, -0.05) is 42.4 Å². The molecule has 0 aliphatic carbocycles. The normalized spacial score (nSPS) is 12.8. The maximum atomic E-state index is 10.5. The van der Waals surface area contributed by atoms with E-state index >= 15 is 0 Å². The fraction of sp³-hybridized carbons (Fsp3) is 0.154. The first-order valence-electron chi connectivity index (χ1n) is 4.32. The summed E-state index contributed by atoms with van der Waals surface area (Å²) in [7, 11) is 0. The van der Waals surface area contributed by atoms with Crippen LogP contribution in [-0.2, 0) is 4.79 Å². The minimum atomic E-state index is 0.0432. The van der Waals surface area contributed by atoms with Gasteiger partial charge in [0.1, 0.15) is 0 Å². The minimum Gasteiger partial charge on any atom is -0.295 e. The summed E-state index contributed by atoms with van der Waals surface area (Å²) in [5, 5.41) is 0. The highest BCUT2D eigenvalue weighted by Gasteiger charge is 1.76. The molecule has 0 heterocycles. The molecule has 0 aromatic carbocycles. The van der Waals surface area contributed by atoms with Gasteiger partial charge in [0.2, 0.25) is 0 Å². The largest absolute Gasteiger partial charge is 0.295 e. The van der Waals surface area contributed by atoms with Crippen molar-refractivity contribution in [2.45, 2.75) is 13.8 Å². The first-order valence-corrected chi connectivity index (χ1v) is 4.32. The molecule has 0 saturated carbocycles. The van der Waals surface area contributed by atoms with E-state index < -0.39 is 0 Å². The van der Waals surface area contributed by atoms with Crippen LogP contribution in [0.25, 0.3) is 0 Å². The van der Waals surface area contributed by atoms with Gasteiger partial charge in [-0.15, -0.1) is 6.42 Å². The Labute approximate surface area is 85.5 Å². The molecule has 0 unspecified atom stereocenters. The zero-order valence-electron chi connectivity index (χ0n) is 8.53. The van der Waals surface area contributed by atoms with Crippen LogP contribution in [0.5, 0.6) is 0 Å². The van der Waals surface area contributed by atoms with Crippen LogP contribution >= 0.6 is 0 Å². The lowest BCUT2D eigenvalue weighted by atomic mass is 10.3. The molecule has 0 N–H and O–H groups in total. The van der Waals surface area contributed by atoms with E-state index in [0.717, 1.165) is 5.57 Å². The summed E-state index contributed by atoms with van der Waals surface area (Å²) in [6.07, 6.45) is 17.5. The van der Waals surface area contributed by atoms with Crippen LogP contribution in [0.15, 0.2) is 48.1 Å². The first-order chi connectivity index (χ1) is 6.66. The predicted octanol–water partition coefficient (Wildman–Crippen LogP) is 2.82. The van der Waals surface area contributed by atoms with Crippen molar-refractivity contribution in [2.75, 3.05) is 0 Å². The van der Waals surface area contributed by atoms with Crippen LogP contribution < -0.4 is 0 Å². The number of ketones is 1. The Balaban J connectivity index is 3.96. The summed E-state index contributed by atoms with van der Waals surface area (Å²) < 4.78 is 0. The van der Waals surface area contributed by atoms with Gasteiger partial charge in [-0.05, 0) is 25.5 Å². The van der Waals surface area contributed by atoms with Crippen molar-refractivity contribution in [3.8, 4) is 12.3 Å². The molecule has 0 atom stereocenters. The molecule has 0 amide bonds. The molecule has 0 aliphatic rings. The zero-order chi connectivity index (χ0) is 10.8. The number of hydrogen-bond donors (Lipinski definition) is 0. The average Bonchev–Trinajstić information content (AvgIpc) is 2.15. The fourth-order valence-electron chi connectivity index (χ4n) is 0.632. The number of hydrogen-bond acceptors (Lipinski definition) is 1. The molecular formula is C13H14O. The number of allylic oxidation sites excluding steroid dienone is 8. The van der Waals surface area contributed by atoms with Crippen LogP contribution in [0.3, 0.4) is 0 Å². The standard InChI is InChI=1S/C13H14O/c1-4-12(2)10-8-6-5-7-9-11-13(3)14/h1,5-11H,2-3H3/b7-5+,8-6+,11-9+,12-10-. The Morgan fingerprint density at radius 3 is 2.21 bits per heavy atom. The van der Waals surface area contributed by atoms with Crippen molar-refractivity contribution in [3.05, 3.63) is 48.1 Å². The van der Waals surface area contributed by atoms with Crippen LogP contribution in [0.1, 0.15) is 13.8 Å². The summed E-state index contributed by atoms with van der Waals surface area (Å²) in [6.45, 7) is 3.38. The predicted molar refractivity (Wildman–Crippen MR) is 60.7 cm³/mol. The molecule has 0 bridgehead atoms. The Kier molecular flexibility index (Phi) is 6.81. The van der Waals surface area contributed by atoms with E-state index in [9.17, 15) is 4.79 Å². The fourth-order valence-corrected chi connectivity index (χ4v) is 0.632. The van der Waals surface area contributed by atoms with Crippen molar-refractivity contribution in [1.82, 2.24) is 0 Å². The monoisotopic (exact) mass is 186 g/mol. The third-order valence-electron chi connectivity index (χ3n) is 1.35. The summed E-state index contributed by atoms with van der Waals surface area (Å²) in [6, 6.07) is 0. The van der Waals surface area contributed by atoms with Gasteiger partial charge in [-0.25, -0.2) is 0 Å². The number of rotatable bonds is 4. The molecule has 0 fully saturated rings. The first kappa shape index (κ1) is 12.2. The van der Waals surface area contributed by atoms with Gasteiger partial charge >= 0.3 is 0 Å². The molecule has 0 rings (SSSR count). The SMILES string of the molecule is C#C\C(C)=C/C=C/C=C/C=C/C(C)=O. The molecular weight excluding hydrogens is 172 g/mol. The summed E-state index contributed by atoms with van der Waals surface area (Å²) in [5.41, 5.74) is 0.883. The molecule has 0 aromatic rings. The molecule has 0 spiro atoms. The van der Waals surface area contributed by atoms with Crippen molar-refractivity contribution in [2.24, 2.45) is 0 Å². The van der Waals surface area contributed by atoms with Gasteiger partial charge < -0.3 is 0 Å². The topological polar surface area (TPSA) is 17.1 Å². The smallest absolute Gasteiger partial charge is 0.152 e. The number of carbonyl (C=O) groups is 1. The Morgan fingerprint density at radius 2 is 1.64 bits per heavy atom. The number of carbonyl (C=O) groups excluding carboxylic acids is 1. The Morgan fingerprint density at radius 1 is 1.07 bits per heavy atom.